The Labute approximate surface area is 487 Å². The van der Waals surface area contributed by atoms with E-state index in [2.05, 4.69) is 0 Å². The number of hydrogen-bond donors (Lipinski definition) is 8. The number of carbonyl (C=O) groups excluding carboxylic acids is 2. The van der Waals surface area contributed by atoms with E-state index >= 15 is 0 Å². The van der Waals surface area contributed by atoms with E-state index in [9.17, 15) is 50.4 Å². The van der Waals surface area contributed by atoms with E-state index in [0.29, 0.717) is 38.5 Å². The van der Waals surface area contributed by atoms with Gasteiger partial charge in [0.05, 0.1) is 54.9 Å². The van der Waals surface area contributed by atoms with Crippen LogP contribution in [0.5, 0.6) is 0 Å². The zero-order chi connectivity index (χ0) is 60.8. The Morgan fingerprint density at radius 3 is 1.56 bits per heavy atom. The molecule has 0 saturated carbocycles. The first-order valence-corrected chi connectivity index (χ1v) is 30.3. The highest BCUT2D eigenvalue weighted by molar-refractivity contribution is 5.83. The number of esters is 2. The van der Waals surface area contributed by atoms with Gasteiger partial charge in [-0.1, -0.05) is 104 Å². The van der Waals surface area contributed by atoms with Crippen molar-refractivity contribution in [2.75, 3.05) is 7.11 Å². The molecule has 0 aromatic heterocycles. The predicted octanol–water partition coefficient (Wildman–Crippen LogP) is 6.70. The van der Waals surface area contributed by atoms with Crippen molar-refractivity contribution in [3.8, 4) is 0 Å². The first-order chi connectivity index (χ1) is 38.8. The average molecular weight is 1160 g/mol. The van der Waals surface area contributed by atoms with Gasteiger partial charge in [-0.05, 0) is 77.4 Å². The zero-order valence-electron chi connectivity index (χ0n) is 50.9. The maximum absolute atomic E-state index is 14.0. The van der Waals surface area contributed by atoms with E-state index < -0.39 is 139 Å². The normalized spacial score (nSPS) is 40.9. The first-order valence-electron chi connectivity index (χ1n) is 30.3. The number of carbonyl (C=O) groups is 2. The maximum atomic E-state index is 14.0. The van der Waals surface area contributed by atoms with Crippen molar-refractivity contribution in [3.05, 3.63) is 71.9 Å². The highest BCUT2D eigenvalue weighted by atomic mass is 16.7. The van der Waals surface area contributed by atoms with Crippen LogP contribution in [0.3, 0.4) is 0 Å². The maximum Gasteiger partial charge on any atom is 0.331 e. The second-order valence-corrected chi connectivity index (χ2v) is 23.7. The summed E-state index contributed by atoms with van der Waals surface area (Å²) in [7, 11) is 1.53. The SMILES string of the molecule is CCC1=CC=C[C@@H](CC)[C@@H]([C@H](C)[C@H](O)C[C@@]2(OC)C[C@@H](O[C@H]3C[C@@H](O)[C@H](O)[C@@H](C)O3)[C@H](CC)[C@@H](C)O2)OC(=O)C=CC(CC)=CC=C[C@@H](CC)[C@@H]([C@H](C)[C@H](O)C[C@]2(O)C[C@@H](O[C@H]3O[C@@H](C)[C@H](O)[C@@H](O)[C@@H]3O)[C@H](CC)[C@@H](C)O2)OC(=O)C=C1. The van der Waals surface area contributed by atoms with Crippen LogP contribution in [0.15, 0.2) is 71.9 Å². The molecule has 19 heteroatoms. The van der Waals surface area contributed by atoms with E-state index in [1.165, 1.54) is 19.3 Å². The van der Waals surface area contributed by atoms with E-state index in [-0.39, 0.29) is 56.0 Å². The van der Waals surface area contributed by atoms with Crippen molar-refractivity contribution < 1.29 is 93.1 Å². The van der Waals surface area contributed by atoms with Crippen LogP contribution in [-0.2, 0) is 52.2 Å². The molecular formula is C63H102O19. The number of hydrogen-bond acceptors (Lipinski definition) is 19. The number of methoxy groups -OCH3 is 1. The van der Waals surface area contributed by atoms with Crippen LogP contribution in [0, 0.1) is 35.5 Å². The summed E-state index contributed by atoms with van der Waals surface area (Å²) in [4.78, 5) is 27.9. The molecule has 5 rings (SSSR count). The van der Waals surface area contributed by atoms with E-state index in [1.54, 1.807) is 39.8 Å². The molecule has 0 aromatic rings. The fourth-order valence-corrected chi connectivity index (χ4v) is 12.6. The van der Waals surface area contributed by atoms with E-state index in [0.717, 1.165) is 11.1 Å². The quantitative estimate of drug-likeness (QED) is 0.0625. The van der Waals surface area contributed by atoms with Gasteiger partial charge >= 0.3 is 11.9 Å². The molecule has 5 aliphatic rings. The van der Waals surface area contributed by atoms with Crippen molar-refractivity contribution in [3.63, 3.8) is 0 Å². The molecule has 82 heavy (non-hydrogen) atoms. The van der Waals surface area contributed by atoms with E-state index in [1.807, 2.05) is 91.8 Å². The Kier molecular flexibility index (Phi) is 27.1. The van der Waals surface area contributed by atoms with Crippen LogP contribution in [-0.4, -0.2) is 176 Å². The van der Waals surface area contributed by atoms with Crippen LogP contribution in [0.1, 0.15) is 154 Å². The molecule has 0 unspecified atom stereocenters. The van der Waals surface area contributed by atoms with Crippen LogP contribution < -0.4 is 0 Å². The summed E-state index contributed by atoms with van der Waals surface area (Å²) in [6.07, 6.45) is 4.49. The lowest BCUT2D eigenvalue weighted by atomic mass is 9.80. The standard InChI is InChI=1S/C63H102O19/c1-14-41-22-20-24-43(16-3)59(35(7)48(65)31-62(73)33-50(45(18-5)37(9)81-62)78-61-58(72)57(71)56(70)40(12)76-61)79-52(67)28-26-42(15-2)23-21-25-44(17-4)60(80-53(68)29-27-41)36(8)49(66)32-63(74-13)34-51(46(19-6)38(10)82-63)77-54-30-47(64)55(69)39(11)75-54/h20-29,35-40,43-51,54-61,64-66,69-73H,14-19,30-34H2,1-13H3/t35-,36-,37-,38-,39-,40+,43-,44-,45-,46-,47-,48-,49-,50-,51-,54+,55-,56+,57-,58+,59-,60-,61-,62-,63+/m1/s1. The molecule has 8 N–H and O–H groups in total. The number of cyclic esters (lactones) is 2. The summed E-state index contributed by atoms with van der Waals surface area (Å²) in [5, 5.41) is 88.8. The molecule has 19 nitrogen and oxygen atoms in total. The smallest absolute Gasteiger partial charge is 0.331 e. The minimum Gasteiger partial charge on any atom is -0.458 e. The second-order valence-electron chi connectivity index (χ2n) is 23.7. The zero-order valence-corrected chi connectivity index (χ0v) is 50.9. The third-order valence-electron chi connectivity index (χ3n) is 18.0. The van der Waals surface area contributed by atoms with Crippen molar-refractivity contribution in [2.24, 2.45) is 35.5 Å². The number of ether oxygens (including phenoxy) is 9. The third kappa shape index (κ3) is 18.2. The Balaban J connectivity index is 1.39. The van der Waals surface area contributed by atoms with Crippen molar-refractivity contribution in [1.29, 1.82) is 0 Å². The number of allylic oxidation sites excluding steroid dienone is 8. The van der Waals surface area contributed by atoms with Crippen LogP contribution >= 0.6 is 0 Å². The lowest BCUT2D eigenvalue weighted by Gasteiger charge is -2.49. The molecule has 0 amide bonds. The number of rotatable bonds is 19. The number of aliphatic hydroxyl groups is 8. The van der Waals surface area contributed by atoms with Gasteiger partial charge in [-0.3, -0.25) is 0 Å². The van der Waals surface area contributed by atoms with Gasteiger partial charge in [0.1, 0.15) is 36.6 Å². The summed E-state index contributed by atoms with van der Waals surface area (Å²) in [5.74, 6) is -6.99. The fourth-order valence-electron chi connectivity index (χ4n) is 12.6. The molecule has 0 aromatic carbocycles. The van der Waals surface area contributed by atoms with Crippen LogP contribution in [0.4, 0.5) is 0 Å². The topological polar surface area (TPSA) is 279 Å². The predicted molar refractivity (Wildman–Crippen MR) is 306 cm³/mol. The fraction of sp³-hybridized carbons (Fsp3) is 0.778. The van der Waals surface area contributed by atoms with Gasteiger partial charge < -0.3 is 83.5 Å². The molecule has 0 bridgehead atoms. The van der Waals surface area contributed by atoms with E-state index in [4.69, 9.17) is 42.6 Å². The molecular weight excluding hydrogens is 1060 g/mol. The summed E-state index contributed by atoms with van der Waals surface area (Å²) < 4.78 is 56.1. The van der Waals surface area contributed by atoms with Gasteiger partial charge in [0, 0.05) is 86.9 Å². The summed E-state index contributed by atoms with van der Waals surface area (Å²) in [5.41, 5.74) is 1.56. The molecule has 0 aliphatic carbocycles. The minimum absolute atomic E-state index is 0.0139. The molecule has 0 radical (unpaired) electrons. The monoisotopic (exact) mass is 1160 g/mol. The van der Waals surface area contributed by atoms with Crippen molar-refractivity contribution in [1.82, 2.24) is 0 Å². The molecule has 4 fully saturated rings. The molecule has 5 heterocycles. The molecule has 468 valence electrons. The summed E-state index contributed by atoms with van der Waals surface area (Å²) in [6, 6.07) is 0. The Hall–Kier alpha value is -3.22. The van der Waals surface area contributed by atoms with Gasteiger partial charge in [-0.2, -0.15) is 0 Å². The highest BCUT2D eigenvalue weighted by Crippen LogP contribution is 2.44. The number of aliphatic hydroxyl groups excluding tert-OH is 7. The molecule has 4 saturated heterocycles. The second kappa shape index (κ2) is 32.0. The van der Waals surface area contributed by atoms with Crippen LogP contribution in [0.25, 0.3) is 0 Å². The Morgan fingerprint density at radius 2 is 1.09 bits per heavy atom. The Bertz CT molecular complexity index is 2170. The van der Waals surface area contributed by atoms with Crippen molar-refractivity contribution in [2.45, 2.75) is 269 Å². The minimum atomic E-state index is -1.92. The van der Waals surface area contributed by atoms with Gasteiger partial charge in [-0.15, -0.1) is 0 Å². The highest BCUT2D eigenvalue weighted by Gasteiger charge is 2.52. The summed E-state index contributed by atoms with van der Waals surface area (Å²) >= 11 is 0. The largest absolute Gasteiger partial charge is 0.458 e. The Morgan fingerprint density at radius 1 is 0.598 bits per heavy atom. The van der Waals surface area contributed by atoms with Crippen LogP contribution in [0.2, 0.25) is 0 Å². The molecule has 5 aliphatic heterocycles. The van der Waals surface area contributed by atoms with Gasteiger partial charge in [0.15, 0.2) is 24.2 Å². The average Bonchev–Trinajstić information content (AvgIpc) is 3.45. The molecule has 0 spiro atoms. The van der Waals surface area contributed by atoms with Crippen molar-refractivity contribution >= 4 is 11.9 Å². The third-order valence-corrected chi connectivity index (χ3v) is 18.0. The van der Waals surface area contributed by atoms with Gasteiger partial charge in [-0.25, -0.2) is 9.59 Å². The summed E-state index contributed by atoms with van der Waals surface area (Å²) in [6.45, 7) is 22.4. The molecule has 25 atom stereocenters. The lowest BCUT2D eigenvalue weighted by molar-refractivity contribution is -0.346. The first kappa shape index (κ1) is 69.6. The van der Waals surface area contributed by atoms with Gasteiger partial charge in [0.25, 0.3) is 0 Å². The lowest BCUT2D eigenvalue weighted by Crippen LogP contribution is -2.60. The van der Waals surface area contributed by atoms with Gasteiger partial charge in [0.2, 0.25) is 0 Å².